The Kier molecular flexibility index (Phi) is 5.16. The molecule has 0 aliphatic heterocycles. The number of carbonyl (C=O) groups is 1. The third kappa shape index (κ3) is 3.91. The van der Waals surface area contributed by atoms with Gasteiger partial charge < -0.3 is 15.0 Å². The number of benzene rings is 3. The Morgan fingerprint density at radius 1 is 0.968 bits per heavy atom. The molecule has 0 spiro atoms. The number of carbonyl (C=O) groups excluding carboxylic acids is 1. The maximum atomic E-state index is 12.2. The summed E-state index contributed by atoms with van der Waals surface area (Å²) in [5.74, 6) is 6.32. The SMILES string of the molecule is O=C(NCCC#Cc1ccc2[nH]ccc2c1)OCC1c2ccccc2-c2ccccc21. The summed E-state index contributed by atoms with van der Waals surface area (Å²) < 4.78 is 5.54. The van der Waals surface area contributed by atoms with Crippen LogP contribution in [-0.2, 0) is 4.74 Å². The Hall–Kier alpha value is -3.97. The van der Waals surface area contributed by atoms with E-state index in [2.05, 4.69) is 52.5 Å². The van der Waals surface area contributed by atoms with Crippen molar-refractivity contribution in [1.82, 2.24) is 10.3 Å². The average Bonchev–Trinajstić information content (AvgIpc) is 3.40. The van der Waals surface area contributed by atoms with Crippen molar-refractivity contribution < 1.29 is 9.53 Å². The summed E-state index contributed by atoms with van der Waals surface area (Å²) in [5.41, 5.74) is 6.93. The van der Waals surface area contributed by atoms with Crippen LogP contribution in [0.15, 0.2) is 79.0 Å². The topological polar surface area (TPSA) is 54.1 Å². The van der Waals surface area contributed by atoms with Crippen LogP contribution < -0.4 is 5.32 Å². The van der Waals surface area contributed by atoms with Crippen molar-refractivity contribution in [2.45, 2.75) is 12.3 Å². The lowest BCUT2D eigenvalue weighted by Crippen LogP contribution is -2.26. The zero-order valence-electron chi connectivity index (χ0n) is 17.0. The predicted octanol–water partition coefficient (Wildman–Crippen LogP) is 5.45. The lowest BCUT2D eigenvalue weighted by atomic mass is 9.98. The Balaban J connectivity index is 1.14. The van der Waals surface area contributed by atoms with E-state index in [0.29, 0.717) is 19.6 Å². The normalized spacial score (nSPS) is 12.0. The highest BCUT2D eigenvalue weighted by Crippen LogP contribution is 2.44. The third-order valence-corrected chi connectivity index (χ3v) is 5.65. The van der Waals surface area contributed by atoms with Crippen LogP contribution in [0, 0.1) is 11.8 Å². The summed E-state index contributed by atoms with van der Waals surface area (Å²) in [6, 6.07) is 24.7. The number of amides is 1. The molecule has 31 heavy (non-hydrogen) atoms. The average molecular weight is 406 g/mol. The van der Waals surface area contributed by atoms with Crippen molar-refractivity contribution in [2.75, 3.05) is 13.2 Å². The van der Waals surface area contributed by atoms with E-state index in [-0.39, 0.29) is 5.92 Å². The highest BCUT2D eigenvalue weighted by molar-refractivity contribution is 5.81. The van der Waals surface area contributed by atoms with E-state index in [1.54, 1.807) is 0 Å². The molecule has 0 saturated carbocycles. The van der Waals surface area contributed by atoms with Gasteiger partial charge in [0.1, 0.15) is 6.61 Å². The van der Waals surface area contributed by atoms with Crippen molar-refractivity contribution in [2.24, 2.45) is 0 Å². The second-order valence-corrected chi connectivity index (χ2v) is 7.58. The molecule has 1 aliphatic rings. The van der Waals surface area contributed by atoms with Crippen LogP contribution in [0.3, 0.4) is 0 Å². The number of hydrogen-bond acceptors (Lipinski definition) is 2. The van der Waals surface area contributed by atoms with E-state index >= 15 is 0 Å². The number of hydrogen-bond donors (Lipinski definition) is 2. The van der Waals surface area contributed by atoms with E-state index in [9.17, 15) is 4.79 Å². The molecule has 4 aromatic rings. The molecule has 3 aromatic carbocycles. The smallest absolute Gasteiger partial charge is 0.407 e. The van der Waals surface area contributed by atoms with Gasteiger partial charge in [-0.3, -0.25) is 0 Å². The first-order chi connectivity index (χ1) is 15.3. The number of nitrogens with one attached hydrogen (secondary N) is 2. The lowest BCUT2D eigenvalue weighted by Gasteiger charge is -2.14. The molecular weight excluding hydrogens is 384 g/mol. The van der Waals surface area contributed by atoms with Gasteiger partial charge in [-0.2, -0.15) is 0 Å². The zero-order chi connectivity index (χ0) is 21.0. The molecule has 0 unspecified atom stereocenters. The van der Waals surface area contributed by atoms with Crippen molar-refractivity contribution in [1.29, 1.82) is 0 Å². The van der Waals surface area contributed by atoms with Crippen LogP contribution in [0.4, 0.5) is 4.79 Å². The van der Waals surface area contributed by atoms with E-state index in [1.807, 2.05) is 48.7 Å². The van der Waals surface area contributed by atoms with Crippen LogP contribution in [0.25, 0.3) is 22.0 Å². The van der Waals surface area contributed by atoms with Gasteiger partial charge in [0.2, 0.25) is 0 Å². The van der Waals surface area contributed by atoms with Crippen LogP contribution in [0.5, 0.6) is 0 Å². The maximum absolute atomic E-state index is 12.2. The molecule has 1 amide bonds. The Morgan fingerprint density at radius 2 is 1.71 bits per heavy atom. The fourth-order valence-corrected chi connectivity index (χ4v) is 4.17. The van der Waals surface area contributed by atoms with Crippen molar-refractivity contribution in [3.63, 3.8) is 0 Å². The minimum atomic E-state index is -0.405. The quantitative estimate of drug-likeness (QED) is 0.350. The minimum absolute atomic E-state index is 0.0706. The molecule has 5 rings (SSSR count). The van der Waals surface area contributed by atoms with Gasteiger partial charge in [0.25, 0.3) is 0 Å². The Labute approximate surface area is 181 Å². The summed E-state index contributed by atoms with van der Waals surface area (Å²) in [5, 5.41) is 3.94. The second kappa shape index (κ2) is 8.41. The first-order valence-corrected chi connectivity index (χ1v) is 10.4. The van der Waals surface area contributed by atoms with E-state index < -0.39 is 6.09 Å². The molecule has 2 N–H and O–H groups in total. The van der Waals surface area contributed by atoms with Crippen molar-refractivity contribution in [3.8, 4) is 23.0 Å². The second-order valence-electron chi connectivity index (χ2n) is 7.58. The summed E-state index contributed by atoms with van der Waals surface area (Å²) in [7, 11) is 0. The highest BCUT2D eigenvalue weighted by Gasteiger charge is 2.28. The number of aromatic nitrogens is 1. The van der Waals surface area contributed by atoms with E-state index in [1.165, 1.54) is 22.3 Å². The first-order valence-electron chi connectivity index (χ1n) is 10.4. The number of aromatic amines is 1. The molecule has 1 heterocycles. The van der Waals surface area contributed by atoms with Gasteiger partial charge in [0.05, 0.1) is 0 Å². The molecule has 1 aliphatic carbocycles. The minimum Gasteiger partial charge on any atom is -0.449 e. The third-order valence-electron chi connectivity index (χ3n) is 5.65. The Bertz CT molecular complexity index is 1260. The molecule has 0 atom stereocenters. The molecule has 4 nitrogen and oxygen atoms in total. The summed E-state index contributed by atoms with van der Waals surface area (Å²) >= 11 is 0. The van der Waals surface area contributed by atoms with E-state index in [0.717, 1.165) is 16.5 Å². The van der Waals surface area contributed by atoms with Gasteiger partial charge in [-0.05, 0) is 46.5 Å². The van der Waals surface area contributed by atoms with Crippen LogP contribution in [0.2, 0.25) is 0 Å². The number of rotatable bonds is 4. The molecule has 0 fully saturated rings. The van der Waals surface area contributed by atoms with Crippen molar-refractivity contribution in [3.05, 3.63) is 95.7 Å². The van der Waals surface area contributed by atoms with Crippen LogP contribution in [0.1, 0.15) is 29.0 Å². The summed E-state index contributed by atoms with van der Waals surface area (Å²) in [4.78, 5) is 15.4. The molecule has 0 saturated heterocycles. The molecule has 152 valence electrons. The molecule has 4 heteroatoms. The fourth-order valence-electron chi connectivity index (χ4n) is 4.17. The van der Waals surface area contributed by atoms with Gasteiger partial charge in [0.15, 0.2) is 0 Å². The monoisotopic (exact) mass is 406 g/mol. The van der Waals surface area contributed by atoms with Crippen molar-refractivity contribution >= 4 is 17.0 Å². The first kappa shape index (κ1) is 19.0. The van der Waals surface area contributed by atoms with Gasteiger partial charge >= 0.3 is 6.09 Å². The highest BCUT2D eigenvalue weighted by atomic mass is 16.5. The van der Waals surface area contributed by atoms with Crippen LogP contribution in [-0.4, -0.2) is 24.2 Å². The summed E-state index contributed by atoms with van der Waals surface area (Å²) in [6.07, 6.45) is 2.08. The van der Waals surface area contributed by atoms with Crippen LogP contribution >= 0.6 is 0 Å². The summed E-state index contributed by atoms with van der Waals surface area (Å²) in [6.45, 7) is 0.776. The fraction of sp³-hybridized carbons (Fsp3) is 0.148. The largest absolute Gasteiger partial charge is 0.449 e. The standard InChI is InChI=1S/C27H22N2O2/c30-27(29-15-6-5-7-19-12-13-26-20(17-19)14-16-28-26)31-18-25-23-10-3-1-8-21(23)22-9-2-4-11-24(22)25/h1-4,8-14,16-17,25,28H,6,15,18H2,(H,29,30). The van der Waals surface area contributed by atoms with Gasteiger partial charge in [0, 0.05) is 41.5 Å². The number of fused-ring (bicyclic) bond motifs is 4. The number of alkyl carbamates (subject to hydrolysis) is 1. The van der Waals surface area contributed by atoms with E-state index in [4.69, 9.17) is 4.74 Å². The predicted molar refractivity (Wildman–Crippen MR) is 123 cm³/mol. The Morgan fingerprint density at radius 3 is 2.48 bits per heavy atom. The maximum Gasteiger partial charge on any atom is 0.407 e. The number of H-pyrrole nitrogens is 1. The lowest BCUT2D eigenvalue weighted by molar-refractivity contribution is 0.143. The van der Waals surface area contributed by atoms with Gasteiger partial charge in [-0.15, -0.1) is 0 Å². The molecule has 0 radical (unpaired) electrons. The molecule has 0 bridgehead atoms. The molecule has 1 aromatic heterocycles. The van der Waals surface area contributed by atoms with Gasteiger partial charge in [-0.1, -0.05) is 60.4 Å². The molecular formula is C27H22N2O2. The zero-order valence-corrected chi connectivity index (χ0v) is 17.0. The van der Waals surface area contributed by atoms with Gasteiger partial charge in [-0.25, -0.2) is 4.79 Å². The number of ether oxygens (including phenoxy) is 1.